The summed E-state index contributed by atoms with van der Waals surface area (Å²) < 4.78 is 23.2. The third-order valence-electron chi connectivity index (χ3n) is 6.21. The van der Waals surface area contributed by atoms with E-state index in [1.165, 1.54) is 0 Å². The van der Waals surface area contributed by atoms with Gasteiger partial charge in [-0.15, -0.1) is 0 Å². The zero-order valence-electron chi connectivity index (χ0n) is 21.9. The first-order chi connectivity index (χ1) is 19.0. The van der Waals surface area contributed by atoms with Crippen LogP contribution in [0.4, 0.5) is 0 Å². The van der Waals surface area contributed by atoms with Crippen LogP contribution in [-0.2, 0) is 22.5 Å². The number of ether oxygens (including phenoxy) is 4. The molecule has 1 atom stereocenters. The molecule has 3 aromatic carbocycles. The average molecular weight is 598 g/mol. The second-order valence-electron chi connectivity index (χ2n) is 8.99. The van der Waals surface area contributed by atoms with Gasteiger partial charge < -0.3 is 24.1 Å². The Morgan fingerprint density at radius 1 is 1.03 bits per heavy atom. The van der Waals surface area contributed by atoms with Crippen LogP contribution in [0.3, 0.4) is 0 Å². The van der Waals surface area contributed by atoms with Crippen molar-refractivity contribution in [3.63, 3.8) is 0 Å². The second kappa shape index (κ2) is 13.5. The Hall–Kier alpha value is -3.60. The maximum absolute atomic E-state index is 13.6. The van der Waals surface area contributed by atoms with Gasteiger partial charge in [-0.05, 0) is 59.7 Å². The Labute approximate surface area is 236 Å². The van der Waals surface area contributed by atoms with Crippen molar-refractivity contribution in [1.29, 1.82) is 0 Å². The summed E-state index contributed by atoms with van der Waals surface area (Å²) in [5.74, 6) is 2.02. The van der Waals surface area contributed by atoms with E-state index in [4.69, 9.17) is 29.0 Å². The number of carbonyl (C=O) groups excluding carboxylic acids is 1. The quantitative estimate of drug-likeness (QED) is 0.203. The van der Waals surface area contributed by atoms with Gasteiger partial charge in [0.05, 0.1) is 20.8 Å². The zero-order valence-corrected chi connectivity index (χ0v) is 23.5. The Morgan fingerprint density at radius 2 is 1.74 bits per heavy atom. The summed E-state index contributed by atoms with van der Waals surface area (Å²) in [5, 5.41) is 8.94. The molecule has 0 bridgehead atoms. The van der Waals surface area contributed by atoms with Crippen molar-refractivity contribution < 1.29 is 28.8 Å². The molecule has 10 heteroatoms. The summed E-state index contributed by atoms with van der Waals surface area (Å²) in [7, 11) is 3.16. The number of nitrogens with zero attached hydrogens (tertiary/aromatic N) is 1. The molecule has 1 aliphatic rings. The molecule has 0 aliphatic carbocycles. The van der Waals surface area contributed by atoms with Gasteiger partial charge in [0.25, 0.3) is 5.91 Å². The van der Waals surface area contributed by atoms with Crippen molar-refractivity contribution in [2.45, 2.75) is 24.9 Å². The number of aliphatic hydroxyl groups excluding tert-OH is 1. The highest BCUT2D eigenvalue weighted by Gasteiger charge is 2.44. The fraction of sp³-hybridized carbons (Fsp3) is 0.310. The third-order valence-corrected chi connectivity index (χ3v) is 6.74. The summed E-state index contributed by atoms with van der Waals surface area (Å²) >= 11 is 3.46. The standard InChI is InChI=1S/C29H32BrN3O6/c1-36-25-13-6-21(16-26(25)37-2)18-31-33-28(35)29(17-20-4-9-23(30)10-5-20)19-39-27(32-29)22-7-11-24(12-8-22)38-15-3-14-34/h4-13,16,31,34H,3,14-15,17-19H2,1-2H3,(H,33,35)/t29-/m0/s1. The van der Waals surface area contributed by atoms with Crippen LogP contribution in [0.15, 0.2) is 76.2 Å². The van der Waals surface area contributed by atoms with Crippen LogP contribution in [0.5, 0.6) is 17.2 Å². The van der Waals surface area contributed by atoms with Crippen LogP contribution in [-0.4, -0.2) is 56.5 Å². The highest BCUT2D eigenvalue weighted by molar-refractivity contribution is 9.10. The molecule has 0 aromatic heterocycles. The largest absolute Gasteiger partial charge is 0.494 e. The van der Waals surface area contributed by atoms with Gasteiger partial charge in [0.1, 0.15) is 12.4 Å². The van der Waals surface area contributed by atoms with Gasteiger partial charge in [0, 0.05) is 36.0 Å². The van der Waals surface area contributed by atoms with Crippen LogP contribution >= 0.6 is 15.9 Å². The van der Waals surface area contributed by atoms with Crippen LogP contribution < -0.4 is 25.1 Å². The number of methoxy groups -OCH3 is 2. The molecule has 1 aliphatic heterocycles. The predicted molar refractivity (Wildman–Crippen MR) is 151 cm³/mol. The second-order valence-corrected chi connectivity index (χ2v) is 9.90. The van der Waals surface area contributed by atoms with E-state index in [-0.39, 0.29) is 19.1 Å². The molecule has 9 nitrogen and oxygen atoms in total. The van der Waals surface area contributed by atoms with E-state index < -0.39 is 5.54 Å². The molecule has 0 fully saturated rings. The summed E-state index contributed by atoms with van der Waals surface area (Å²) in [4.78, 5) is 18.4. The van der Waals surface area contributed by atoms with E-state index >= 15 is 0 Å². The fourth-order valence-electron chi connectivity index (χ4n) is 4.10. The predicted octanol–water partition coefficient (Wildman–Crippen LogP) is 3.81. The van der Waals surface area contributed by atoms with E-state index in [9.17, 15) is 4.79 Å². The molecule has 3 N–H and O–H groups in total. The van der Waals surface area contributed by atoms with Crippen molar-refractivity contribution in [2.24, 2.45) is 4.99 Å². The van der Waals surface area contributed by atoms with Crippen molar-refractivity contribution in [2.75, 3.05) is 34.0 Å². The number of aliphatic hydroxyl groups is 1. The molecule has 0 unspecified atom stereocenters. The molecule has 3 aromatic rings. The maximum Gasteiger partial charge on any atom is 0.266 e. The average Bonchev–Trinajstić information content (AvgIpc) is 3.40. The number of hydrazine groups is 1. The number of benzene rings is 3. The number of amides is 1. The minimum absolute atomic E-state index is 0.0778. The molecule has 1 heterocycles. The summed E-state index contributed by atoms with van der Waals surface area (Å²) in [6, 6.07) is 20.7. The van der Waals surface area contributed by atoms with Gasteiger partial charge in [-0.25, -0.2) is 10.4 Å². The number of halogens is 1. The number of hydrogen-bond donors (Lipinski definition) is 3. The summed E-state index contributed by atoms with van der Waals surface area (Å²) in [5.41, 5.74) is 7.27. The van der Waals surface area contributed by atoms with Gasteiger partial charge in [-0.3, -0.25) is 10.2 Å². The highest BCUT2D eigenvalue weighted by atomic mass is 79.9. The minimum Gasteiger partial charge on any atom is -0.494 e. The molecular weight excluding hydrogens is 566 g/mol. The summed E-state index contributed by atoms with van der Waals surface area (Å²) in [6.07, 6.45) is 0.918. The lowest BCUT2D eigenvalue weighted by molar-refractivity contribution is -0.127. The van der Waals surface area contributed by atoms with E-state index in [1.54, 1.807) is 14.2 Å². The van der Waals surface area contributed by atoms with Crippen LogP contribution in [0.2, 0.25) is 0 Å². The van der Waals surface area contributed by atoms with Gasteiger partial charge in [0.2, 0.25) is 5.90 Å². The monoisotopic (exact) mass is 597 g/mol. The molecule has 0 radical (unpaired) electrons. The van der Waals surface area contributed by atoms with Crippen LogP contribution in [0.25, 0.3) is 0 Å². The molecule has 0 saturated carbocycles. The highest BCUT2D eigenvalue weighted by Crippen LogP contribution is 2.29. The maximum atomic E-state index is 13.6. The Bertz CT molecular complexity index is 1280. The lowest BCUT2D eigenvalue weighted by atomic mass is 9.91. The Kier molecular flexibility index (Phi) is 9.80. The van der Waals surface area contributed by atoms with Crippen molar-refractivity contribution >= 4 is 27.7 Å². The topological polar surface area (TPSA) is 111 Å². The van der Waals surface area contributed by atoms with Gasteiger partial charge in [-0.1, -0.05) is 34.1 Å². The van der Waals surface area contributed by atoms with E-state index in [0.717, 1.165) is 21.2 Å². The van der Waals surface area contributed by atoms with E-state index in [0.29, 0.717) is 49.1 Å². The SMILES string of the molecule is COc1ccc(CNNC(=O)[C@]2(Cc3ccc(Br)cc3)COC(c3ccc(OCCCO)cc3)=N2)cc1OC. The molecule has 0 saturated heterocycles. The van der Waals surface area contributed by atoms with Crippen molar-refractivity contribution in [1.82, 2.24) is 10.9 Å². The Morgan fingerprint density at radius 3 is 2.44 bits per heavy atom. The molecule has 1 amide bonds. The first kappa shape index (κ1) is 28.4. The van der Waals surface area contributed by atoms with Gasteiger partial charge >= 0.3 is 0 Å². The molecule has 4 rings (SSSR count). The van der Waals surface area contributed by atoms with Gasteiger partial charge in [0.15, 0.2) is 17.0 Å². The van der Waals surface area contributed by atoms with Crippen LogP contribution in [0.1, 0.15) is 23.1 Å². The number of carbonyl (C=O) groups is 1. The number of hydrogen-bond acceptors (Lipinski definition) is 8. The molecule has 39 heavy (non-hydrogen) atoms. The first-order valence-electron chi connectivity index (χ1n) is 12.5. The third kappa shape index (κ3) is 7.29. The van der Waals surface area contributed by atoms with E-state index in [2.05, 4.69) is 26.8 Å². The smallest absolute Gasteiger partial charge is 0.266 e. The van der Waals surface area contributed by atoms with Crippen molar-refractivity contribution in [3.8, 4) is 17.2 Å². The molecule has 206 valence electrons. The molecular formula is C29H32BrN3O6. The van der Waals surface area contributed by atoms with E-state index in [1.807, 2.05) is 66.7 Å². The number of nitrogens with one attached hydrogen (secondary N) is 2. The zero-order chi connectivity index (χ0) is 27.7. The first-order valence-corrected chi connectivity index (χ1v) is 13.3. The Balaban J connectivity index is 1.50. The summed E-state index contributed by atoms with van der Waals surface area (Å²) in [6.45, 7) is 0.973. The number of rotatable bonds is 13. The molecule has 0 spiro atoms. The number of aliphatic imine (C=N–C) groups is 1. The normalized spacial score (nSPS) is 16.3. The van der Waals surface area contributed by atoms with Crippen molar-refractivity contribution in [3.05, 3.63) is 87.9 Å². The lowest BCUT2D eigenvalue weighted by Gasteiger charge is -2.23. The minimum atomic E-state index is -1.16. The lowest BCUT2D eigenvalue weighted by Crippen LogP contribution is -2.52. The van der Waals surface area contributed by atoms with Gasteiger partial charge in [-0.2, -0.15) is 0 Å². The fourth-order valence-corrected chi connectivity index (χ4v) is 4.37. The van der Waals surface area contributed by atoms with Crippen LogP contribution in [0, 0.1) is 0 Å².